The Labute approximate surface area is 173 Å². The van der Waals surface area contributed by atoms with Crippen molar-refractivity contribution in [3.8, 4) is 0 Å². The lowest BCUT2D eigenvalue weighted by molar-refractivity contribution is 0.259. The Morgan fingerprint density at radius 1 is 0.607 bits per heavy atom. The molecule has 2 heteroatoms. The Morgan fingerprint density at radius 3 is 1.29 bits per heavy atom. The smallest absolute Gasteiger partial charge is 0.201 e. The maximum atomic E-state index is 7.03. The van der Waals surface area contributed by atoms with Gasteiger partial charge in [-0.1, -0.05) is 127 Å². The van der Waals surface area contributed by atoms with Crippen molar-refractivity contribution in [2.45, 2.75) is 64.3 Å². The van der Waals surface area contributed by atoms with Gasteiger partial charge in [-0.05, 0) is 27.8 Å². The van der Waals surface area contributed by atoms with Crippen LogP contribution in [-0.2, 0) is 4.43 Å². The molecule has 150 valence electrons. The van der Waals surface area contributed by atoms with Gasteiger partial charge in [0.25, 0.3) is 0 Å². The van der Waals surface area contributed by atoms with Gasteiger partial charge in [0.15, 0.2) is 0 Å². The fourth-order valence-corrected chi connectivity index (χ4v) is 9.77. The average molecular weight is 393 g/mol. The van der Waals surface area contributed by atoms with E-state index in [9.17, 15) is 0 Å². The predicted octanol–water partition coefficient (Wildman–Crippen LogP) is 7.97. The molecule has 0 radical (unpaired) electrons. The Bertz CT molecular complexity index is 673. The summed E-state index contributed by atoms with van der Waals surface area (Å²) in [6, 6.07) is 20.9. The van der Waals surface area contributed by atoms with Crippen LogP contribution in [0.25, 0.3) is 12.2 Å². The molecule has 2 aromatic rings. The summed E-state index contributed by atoms with van der Waals surface area (Å²) in [6.07, 6.45) is 8.76. The molecule has 2 aromatic carbocycles. The molecule has 2 rings (SSSR count). The van der Waals surface area contributed by atoms with E-state index in [1.165, 1.54) is 11.1 Å². The first-order valence-corrected chi connectivity index (χ1v) is 12.6. The first-order chi connectivity index (χ1) is 13.4. The molecule has 0 saturated heterocycles. The molecule has 28 heavy (non-hydrogen) atoms. The lowest BCUT2D eigenvalue weighted by Crippen LogP contribution is -2.49. The average Bonchev–Trinajstić information content (AvgIpc) is 2.68. The topological polar surface area (TPSA) is 9.23 Å². The minimum Gasteiger partial charge on any atom is -0.406 e. The standard InChI is InChI=1S/C26H36OSi/c1-21(2)28(22(3)4,23(5)6)27-26(19-17-24-13-9-7-10-14-24)20-18-25-15-11-8-12-16-25/h7-23,26H,1-6H3/b19-17+,20-18+. The van der Waals surface area contributed by atoms with Gasteiger partial charge in [-0.3, -0.25) is 0 Å². The molecule has 0 fully saturated rings. The maximum absolute atomic E-state index is 7.03. The monoisotopic (exact) mass is 392 g/mol. The van der Waals surface area contributed by atoms with E-state index in [1.54, 1.807) is 0 Å². The molecule has 0 unspecified atom stereocenters. The second kappa shape index (κ2) is 10.6. The van der Waals surface area contributed by atoms with Crippen LogP contribution in [0.1, 0.15) is 52.7 Å². The molecule has 0 spiro atoms. The van der Waals surface area contributed by atoms with Crippen molar-refractivity contribution in [2.75, 3.05) is 0 Å². The van der Waals surface area contributed by atoms with Gasteiger partial charge in [0.1, 0.15) is 0 Å². The second-order valence-corrected chi connectivity index (χ2v) is 13.8. The lowest BCUT2D eigenvalue weighted by atomic mass is 10.1. The van der Waals surface area contributed by atoms with E-state index in [0.29, 0.717) is 16.6 Å². The van der Waals surface area contributed by atoms with Crippen LogP contribution in [0, 0.1) is 0 Å². The van der Waals surface area contributed by atoms with Crippen molar-refractivity contribution in [1.82, 2.24) is 0 Å². The van der Waals surface area contributed by atoms with E-state index in [-0.39, 0.29) is 6.10 Å². The Kier molecular flexibility index (Phi) is 8.47. The van der Waals surface area contributed by atoms with Gasteiger partial charge in [-0.15, -0.1) is 0 Å². The van der Waals surface area contributed by atoms with E-state index in [2.05, 4.69) is 127 Å². The van der Waals surface area contributed by atoms with E-state index >= 15 is 0 Å². The Balaban J connectivity index is 2.35. The van der Waals surface area contributed by atoms with Gasteiger partial charge < -0.3 is 4.43 Å². The minimum atomic E-state index is -1.97. The summed E-state index contributed by atoms with van der Waals surface area (Å²) >= 11 is 0. The van der Waals surface area contributed by atoms with Crippen molar-refractivity contribution in [2.24, 2.45) is 0 Å². The zero-order valence-electron chi connectivity index (χ0n) is 18.3. The number of hydrogen-bond acceptors (Lipinski definition) is 1. The van der Waals surface area contributed by atoms with Crippen molar-refractivity contribution in [3.63, 3.8) is 0 Å². The van der Waals surface area contributed by atoms with Gasteiger partial charge >= 0.3 is 0 Å². The van der Waals surface area contributed by atoms with Crippen LogP contribution in [0.3, 0.4) is 0 Å². The first kappa shape index (κ1) is 22.4. The highest BCUT2D eigenvalue weighted by atomic mass is 28.4. The highest BCUT2D eigenvalue weighted by Crippen LogP contribution is 2.43. The van der Waals surface area contributed by atoms with Crippen LogP contribution >= 0.6 is 0 Å². The third-order valence-electron chi connectivity index (χ3n) is 5.60. The van der Waals surface area contributed by atoms with Crippen molar-refractivity contribution in [1.29, 1.82) is 0 Å². The van der Waals surface area contributed by atoms with E-state index in [0.717, 1.165) is 0 Å². The van der Waals surface area contributed by atoms with Gasteiger partial charge in [0.2, 0.25) is 8.32 Å². The summed E-state index contributed by atoms with van der Waals surface area (Å²) in [4.78, 5) is 0. The molecule has 0 bridgehead atoms. The zero-order chi connectivity index (χ0) is 20.6. The molecular weight excluding hydrogens is 356 g/mol. The van der Waals surface area contributed by atoms with Crippen molar-refractivity contribution >= 4 is 20.5 Å². The third kappa shape index (κ3) is 5.80. The van der Waals surface area contributed by atoms with Crippen LogP contribution in [-0.4, -0.2) is 14.4 Å². The van der Waals surface area contributed by atoms with E-state index in [4.69, 9.17) is 4.43 Å². The highest BCUT2D eigenvalue weighted by Gasteiger charge is 2.46. The Hall–Kier alpha value is -1.90. The molecular formula is C26H36OSi. The summed E-state index contributed by atoms with van der Waals surface area (Å²) in [5.41, 5.74) is 4.09. The quantitative estimate of drug-likeness (QED) is 0.393. The maximum Gasteiger partial charge on any atom is 0.201 e. The lowest BCUT2D eigenvalue weighted by Gasteiger charge is -2.43. The van der Waals surface area contributed by atoms with Gasteiger partial charge in [-0.25, -0.2) is 0 Å². The van der Waals surface area contributed by atoms with Crippen LogP contribution in [0.2, 0.25) is 16.6 Å². The molecule has 0 heterocycles. The zero-order valence-corrected chi connectivity index (χ0v) is 19.3. The Morgan fingerprint density at radius 2 is 0.964 bits per heavy atom. The van der Waals surface area contributed by atoms with Crippen molar-refractivity contribution in [3.05, 3.63) is 83.9 Å². The largest absolute Gasteiger partial charge is 0.406 e. The van der Waals surface area contributed by atoms with Crippen LogP contribution < -0.4 is 0 Å². The minimum absolute atomic E-state index is 0.0284. The summed E-state index contributed by atoms with van der Waals surface area (Å²) in [7, 11) is -1.97. The molecule has 0 aliphatic rings. The molecule has 0 N–H and O–H groups in total. The fourth-order valence-electron chi connectivity index (χ4n) is 4.33. The first-order valence-electron chi connectivity index (χ1n) is 10.5. The number of benzene rings is 2. The summed E-state index contributed by atoms with van der Waals surface area (Å²) < 4.78 is 7.03. The second-order valence-electron chi connectivity index (χ2n) is 8.44. The third-order valence-corrected chi connectivity index (χ3v) is 11.7. The number of hydrogen-bond donors (Lipinski definition) is 0. The SMILES string of the molecule is CC(C)[Si](OC(/C=C/c1ccccc1)/C=C/c1ccccc1)(C(C)C)C(C)C. The van der Waals surface area contributed by atoms with Gasteiger partial charge in [0.05, 0.1) is 6.10 Å². The van der Waals surface area contributed by atoms with E-state index < -0.39 is 8.32 Å². The summed E-state index contributed by atoms with van der Waals surface area (Å²) in [6.45, 7) is 14.0. The van der Waals surface area contributed by atoms with E-state index in [1.807, 2.05) is 0 Å². The molecule has 0 aliphatic carbocycles. The van der Waals surface area contributed by atoms with Gasteiger partial charge in [0, 0.05) is 0 Å². The normalized spacial score (nSPS) is 13.1. The molecule has 0 atom stereocenters. The molecule has 0 amide bonds. The van der Waals surface area contributed by atoms with Crippen LogP contribution in [0.15, 0.2) is 72.8 Å². The molecule has 0 saturated carbocycles. The molecule has 0 aromatic heterocycles. The van der Waals surface area contributed by atoms with Crippen molar-refractivity contribution < 1.29 is 4.43 Å². The summed E-state index contributed by atoms with van der Waals surface area (Å²) in [5, 5.41) is 0. The van der Waals surface area contributed by atoms with Crippen LogP contribution in [0.5, 0.6) is 0 Å². The number of rotatable bonds is 9. The predicted molar refractivity (Wildman–Crippen MR) is 127 cm³/mol. The highest BCUT2D eigenvalue weighted by molar-refractivity contribution is 6.77. The summed E-state index contributed by atoms with van der Waals surface area (Å²) in [5.74, 6) is 0. The van der Waals surface area contributed by atoms with Crippen LogP contribution in [0.4, 0.5) is 0 Å². The molecule has 1 nitrogen and oxygen atoms in total. The van der Waals surface area contributed by atoms with Gasteiger partial charge in [-0.2, -0.15) is 0 Å². The fraction of sp³-hybridized carbons (Fsp3) is 0.385. The molecule has 0 aliphatic heterocycles.